The van der Waals surface area contributed by atoms with Crippen LogP contribution in [0.4, 0.5) is 0 Å². The average molecular weight is 473 g/mol. The van der Waals surface area contributed by atoms with Crippen molar-refractivity contribution in [1.29, 1.82) is 0 Å². The van der Waals surface area contributed by atoms with Gasteiger partial charge < -0.3 is 15.0 Å². The molecule has 0 spiro atoms. The number of benzene rings is 2. The molecular formula is C27H37ClN2O3. The average Bonchev–Trinajstić information content (AvgIpc) is 2.78. The summed E-state index contributed by atoms with van der Waals surface area (Å²) in [6.07, 6.45) is 1.32. The molecule has 0 bridgehead atoms. The maximum atomic E-state index is 13.3. The molecule has 0 saturated carbocycles. The van der Waals surface area contributed by atoms with Crippen LogP contribution in [0.5, 0.6) is 5.75 Å². The monoisotopic (exact) mass is 472 g/mol. The van der Waals surface area contributed by atoms with E-state index in [0.717, 1.165) is 12.0 Å². The van der Waals surface area contributed by atoms with Gasteiger partial charge in [-0.3, -0.25) is 9.59 Å². The summed E-state index contributed by atoms with van der Waals surface area (Å²) in [5, 5.41) is 3.64. The predicted molar refractivity (Wildman–Crippen MR) is 135 cm³/mol. The van der Waals surface area contributed by atoms with E-state index >= 15 is 0 Å². The first kappa shape index (κ1) is 26.7. The molecule has 0 aliphatic heterocycles. The highest BCUT2D eigenvalue weighted by Crippen LogP contribution is 2.24. The van der Waals surface area contributed by atoms with E-state index in [2.05, 4.69) is 26.1 Å². The molecule has 2 amide bonds. The number of nitrogens with zero attached hydrogens (tertiary/aromatic N) is 1. The van der Waals surface area contributed by atoms with Crippen molar-refractivity contribution in [2.24, 2.45) is 0 Å². The molecule has 1 N–H and O–H groups in total. The summed E-state index contributed by atoms with van der Waals surface area (Å²) in [5.74, 6) is 0.236. The SMILES string of the molecule is CC[C@H](C)NC(=O)[C@H](CC)N(Cc1ccc(Cl)cc1)C(=O)COc1ccc(C(C)(C)C)cc1. The smallest absolute Gasteiger partial charge is 0.261 e. The van der Waals surface area contributed by atoms with Crippen molar-refractivity contribution in [1.82, 2.24) is 10.2 Å². The Morgan fingerprint density at radius 2 is 1.61 bits per heavy atom. The van der Waals surface area contributed by atoms with Gasteiger partial charge in [0.05, 0.1) is 0 Å². The Bertz CT molecular complexity index is 904. The molecule has 0 fully saturated rings. The normalized spacial score (nSPS) is 13.2. The molecule has 5 nitrogen and oxygen atoms in total. The Hall–Kier alpha value is -2.53. The number of rotatable bonds is 10. The minimum Gasteiger partial charge on any atom is -0.484 e. The van der Waals surface area contributed by atoms with E-state index < -0.39 is 6.04 Å². The molecule has 6 heteroatoms. The number of ether oxygens (including phenoxy) is 1. The second kappa shape index (κ2) is 12.1. The third-order valence-corrected chi connectivity index (χ3v) is 5.99. The first-order valence-electron chi connectivity index (χ1n) is 11.6. The lowest BCUT2D eigenvalue weighted by Crippen LogP contribution is -2.51. The highest BCUT2D eigenvalue weighted by atomic mass is 35.5. The molecule has 0 unspecified atom stereocenters. The molecule has 0 aromatic heterocycles. The van der Waals surface area contributed by atoms with Crippen molar-refractivity contribution in [3.63, 3.8) is 0 Å². The Kier molecular flexibility index (Phi) is 9.78. The summed E-state index contributed by atoms with van der Waals surface area (Å²) >= 11 is 6.02. The topological polar surface area (TPSA) is 58.6 Å². The van der Waals surface area contributed by atoms with Crippen molar-refractivity contribution in [2.45, 2.75) is 78.4 Å². The summed E-state index contributed by atoms with van der Waals surface area (Å²) < 4.78 is 5.81. The number of hydrogen-bond acceptors (Lipinski definition) is 3. The fourth-order valence-electron chi connectivity index (χ4n) is 3.43. The van der Waals surface area contributed by atoms with E-state index in [-0.39, 0.29) is 29.9 Å². The molecule has 2 aromatic carbocycles. The minimum atomic E-state index is -0.589. The van der Waals surface area contributed by atoms with E-state index in [1.807, 2.05) is 57.2 Å². The summed E-state index contributed by atoms with van der Waals surface area (Å²) in [7, 11) is 0. The Morgan fingerprint density at radius 3 is 2.12 bits per heavy atom. The summed E-state index contributed by atoms with van der Waals surface area (Å²) in [6.45, 7) is 12.5. The van der Waals surface area contributed by atoms with Crippen LogP contribution < -0.4 is 10.1 Å². The van der Waals surface area contributed by atoms with Gasteiger partial charge in [0.15, 0.2) is 6.61 Å². The van der Waals surface area contributed by atoms with Gasteiger partial charge >= 0.3 is 0 Å². The zero-order chi connectivity index (χ0) is 24.6. The summed E-state index contributed by atoms with van der Waals surface area (Å²) in [6, 6.07) is 14.5. The van der Waals surface area contributed by atoms with E-state index in [1.54, 1.807) is 17.0 Å². The fraction of sp³-hybridized carbons (Fsp3) is 0.481. The van der Waals surface area contributed by atoms with E-state index in [1.165, 1.54) is 5.56 Å². The van der Waals surface area contributed by atoms with Crippen LogP contribution in [-0.2, 0) is 21.5 Å². The standard InChI is InChI=1S/C27H37ClN2O3/c1-7-19(3)29-26(32)24(8-2)30(17-20-9-13-22(28)14-10-20)25(31)18-33-23-15-11-21(12-16-23)27(4,5)6/h9-16,19,24H,7-8,17-18H2,1-6H3,(H,29,32)/t19-,24-/m0/s1. The van der Waals surface area contributed by atoms with Crippen LogP contribution in [0.25, 0.3) is 0 Å². The highest BCUT2D eigenvalue weighted by Gasteiger charge is 2.29. The van der Waals surface area contributed by atoms with Crippen molar-refractivity contribution >= 4 is 23.4 Å². The number of carbonyl (C=O) groups is 2. The van der Waals surface area contributed by atoms with Crippen molar-refractivity contribution in [3.8, 4) is 5.75 Å². The van der Waals surface area contributed by atoms with E-state index in [9.17, 15) is 9.59 Å². The van der Waals surface area contributed by atoms with Gasteiger partial charge in [0.25, 0.3) is 5.91 Å². The Morgan fingerprint density at radius 1 is 1.00 bits per heavy atom. The molecule has 0 aliphatic carbocycles. The third-order valence-electron chi connectivity index (χ3n) is 5.74. The van der Waals surface area contributed by atoms with Crippen LogP contribution in [0.15, 0.2) is 48.5 Å². The van der Waals surface area contributed by atoms with Gasteiger partial charge in [0.2, 0.25) is 5.91 Å². The highest BCUT2D eigenvalue weighted by molar-refractivity contribution is 6.30. The molecule has 0 heterocycles. The molecule has 2 atom stereocenters. The molecule has 2 aromatic rings. The lowest BCUT2D eigenvalue weighted by Gasteiger charge is -2.31. The summed E-state index contributed by atoms with van der Waals surface area (Å²) in [4.78, 5) is 27.8. The van der Waals surface area contributed by atoms with E-state index in [4.69, 9.17) is 16.3 Å². The van der Waals surface area contributed by atoms with Crippen LogP contribution >= 0.6 is 11.6 Å². The predicted octanol–water partition coefficient (Wildman–Crippen LogP) is 5.74. The lowest BCUT2D eigenvalue weighted by atomic mass is 9.87. The molecule has 0 radical (unpaired) electrons. The largest absolute Gasteiger partial charge is 0.484 e. The third kappa shape index (κ3) is 8.08. The van der Waals surface area contributed by atoms with Crippen LogP contribution in [0.3, 0.4) is 0 Å². The molecular weight excluding hydrogens is 436 g/mol. The van der Waals surface area contributed by atoms with Crippen LogP contribution in [0.2, 0.25) is 5.02 Å². The van der Waals surface area contributed by atoms with Crippen molar-refractivity contribution in [2.75, 3.05) is 6.61 Å². The molecule has 33 heavy (non-hydrogen) atoms. The summed E-state index contributed by atoms with van der Waals surface area (Å²) in [5.41, 5.74) is 2.14. The Labute approximate surface area is 203 Å². The molecule has 180 valence electrons. The van der Waals surface area contributed by atoms with Gasteiger partial charge in [-0.15, -0.1) is 0 Å². The Balaban J connectivity index is 2.19. The van der Waals surface area contributed by atoms with Gasteiger partial charge in [-0.25, -0.2) is 0 Å². The van der Waals surface area contributed by atoms with Gasteiger partial charge in [0.1, 0.15) is 11.8 Å². The quantitative estimate of drug-likeness (QED) is 0.479. The second-order valence-electron chi connectivity index (χ2n) is 9.45. The molecule has 2 rings (SSSR count). The van der Waals surface area contributed by atoms with Crippen LogP contribution in [0, 0.1) is 0 Å². The maximum Gasteiger partial charge on any atom is 0.261 e. The number of halogens is 1. The van der Waals surface area contributed by atoms with Crippen molar-refractivity contribution in [3.05, 3.63) is 64.7 Å². The lowest BCUT2D eigenvalue weighted by molar-refractivity contribution is -0.143. The number of carbonyl (C=O) groups excluding carboxylic acids is 2. The van der Waals surface area contributed by atoms with Crippen LogP contribution in [0.1, 0.15) is 65.5 Å². The first-order valence-corrected chi connectivity index (χ1v) is 12.0. The zero-order valence-electron chi connectivity index (χ0n) is 20.7. The molecule has 0 saturated heterocycles. The van der Waals surface area contributed by atoms with E-state index in [0.29, 0.717) is 23.7 Å². The fourth-order valence-corrected chi connectivity index (χ4v) is 3.55. The molecule has 0 aliphatic rings. The number of nitrogens with one attached hydrogen (secondary N) is 1. The van der Waals surface area contributed by atoms with Crippen LogP contribution in [-0.4, -0.2) is 35.4 Å². The maximum absolute atomic E-state index is 13.3. The first-order chi connectivity index (χ1) is 15.5. The van der Waals surface area contributed by atoms with Gasteiger partial charge in [-0.1, -0.05) is 70.5 Å². The zero-order valence-corrected chi connectivity index (χ0v) is 21.4. The van der Waals surface area contributed by atoms with Crippen molar-refractivity contribution < 1.29 is 14.3 Å². The number of amides is 2. The minimum absolute atomic E-state index is 0.0385. The second-order valence-corrected chi connectivity index (χ2v) is 9.89. The van der Waals surface area contributed by atoms with Gasteiger partial charge in [-0.2, -0.15) is 0 Å². The number of hydrogen-bond donors (Lipinski definition) is 1. The van der Waals surface area contributed by atoms with Gasteiger partial charge in [-0.05, 0) is 60.6 Å². The van der Waals surface area contributed by atoms with Gasteiger partial charge in [0, 0.05) is 17.6 Å².